The summed E-state index contributed by atoms with van der Waals surface area (Å²) in [6, 6.07) is 15.0. The molecule has 0 radical (unpaired) electrons. The van der Waals surface area contributed by atoms with Crippen LogP contribution in [0.1, 0.15) is 31.2 Å². The number of carbonyl (C=O) groups is 1. The number of methoxy groups -OCH3 is 1. The summed E-state index contributed by atoms with van der Waals surface area (Å²) in [6.45, 7) is 0. The third-order valence-corrected chi connectivity index (χ3v) is 5.99. The van der Waals surface area contributed by atoms with E-state index in [4.69, 9.17) is 9.73 Å². The van der Waals surface area contributed by atoms with Crippen LogP contribution in [-0.2, 0) is 4.79 Å². The quantitative estimate of drug-likeness (QED) is 0.746. The third kappa shape index (κ3) is 3.78. The fourth-order valence-corrected chi connectivity index (χ4v) is 4.66. The van der Waals surface area contributed by atoms with Crippen LogP contribution in [-0.4, -0.2) is 34.2 Å². The summed E-state index contributed by atoms with van der Waals surface area (Å²) in [4.78, 5) is 20.5. The van der Waals surface area contributed by atoms with E-state index >= 15 is 0 Å². The van der Waals surface area contributed by atoms with Gasteiger partial charge in [-0.1, -0.05) is 37.1 Å². The largest absolute Gasteiger partial charge is 0.504 e. The van der Waals surface area contributed by atoms with Gasteiger partial charge in [-0.3, -0.25) is 9.69 Å². The Morgan fingerprint density at radius 3 is 2.64 bits per heavy atom. The summed E-state index contributed by atoms with van der Waals surface area (Å²) in [5.74, 6) is 0.461. The van der Waals surface area contributed by atoms with Crippen molar-refractivity contribution >= 4 is 34.6 Å². The number of phenols is 1. The summed E-state index contributed by atoms with van der Waals surface area (Å²) in [7, 11) is 1.51. The second-order valence-corrected chi connectivity index (χ2v) is 7.89. The van der Waals surface area contributed by atoms with Crippen molar-refractivity contribution in [2.75, 3.05) is 7.11 Å². The van der Waals surface area contributed by atoms with Gasteiger partial charge in [0.1, 0.15) is 0 Å². The molecule has 0 aromatic heterocycles. The molecule has 144 valence electrons. The number of thioether (sulfide) groups is 1. The molecule has 0 unspecified atom stereocenters. The average molecular weight is 394 g/mol. The first-order valence-corrected chi connectivity index (χ1v) is 10.2. The Bertz CT molecular complexity index is 934. The maximum Gasteiger partial charge on any atom is 0.267 e. The Hall–Kier alpha value is -2.73. The highest BCUT2D eigenvalue weighted by atomic mass is 32.2. The van der Waals surface area contributed by atoms with E-state index in [2.05, 4.69) is 0 Å². The summed E-state index contributed by atoms with van der Waals surface area (Å²) in [6.07, 6.45) is 6.16. The van der Waals surface area contributed by atoms with Crippen molar-refractivity contribution in [3.8, 4) is 11.5 Å². The Morgan fingerprint density at radius 2 is 1.93 bits per heavy atom. The number of nitrogens with zero attached hydrogens (tertiary/aromatic N) is 2. The molecule has 1 aliphatic heterocycles. The van der Waals surface area contributed by atoms with E-state index in [1.54, 1.807) is 18.2 Å². The van der Waals surface area contributed by atoms with Crippen LogP contribution in [0.3, 0.4) is 0 Å². The van der Waals surface area contributed by atoms with Gasteiger partial charge >= 0.3 is 0 Å². The molecule has 2 fully saturated rings. The molecule has 1 N–H and O–H groups in total. The van der Waals surface area contributed by atoms with E-state index in [1.165, 1.54) is 18.9 Å². The summed E-state index contributed by atoms with van der Waals surface area (Å²) in [5.41, 5.74) is 1.64. The van der Waals surface area contributed by atoms with E-state index in [9.17, 15) is 9.90 Å². The van der Waals surface area contributed by atoms with Gasteiger partial charge in [-0.25, -0.2) is 4.99 Å². The highest BCUT2D eigenvalue weighted by Crippen LogP contribution is 2.39. The molecule has 2 aliphatic rings. The minimum absolute atomic E-state index is 0.00128. The normalized spacial score (nSPS) is 20.5. The Kier molecular flexibility index (Phi) is 5.39. The number of benzene rings is 2. The molecule has 0 spiro atoms. The number of aliphatic imine (C=N–C) groups is 1. The van der Waals surface area contributed by atoms with Crippen LogP contribution in [0.2, 0.25) is 0 Å². The molecular formula is C22H22N2O3S. The number of para-hydroxylation sites is 1. The molecule has 2 aromatic carbocycles. The number of rotatable bonds is 4. The fraction of sp³-hybridized carbons (Fsp3) is 0.273. The van der Waals surface area contributed by atoms with Crippen LogP contribution in [0, 0.1) is 0 Å². The summed E-state index contributed by atoms with van der Waals surface area (Å²) >= 11 is 1.41. The molecule has 1 saturated heterocycles. The molecule has 1 amide bonds. The number of hydrogen-bond acceptors (Lipinski definition) is 5. The van der Waals surface area contributed by atoms with Crippen LogP contribution in [0.5, 0.6) is 11.5 Å². The lowest BCUT2D eigenvalue weighted by atomic mass is 10.1. The van der Waals surface area contributed by atoms with Crippen molar-refractivity contribution in [3.05, 3.63) is 59.0 Å². The summed E-state index contributed by atoms with van der Waals surface area (Å²) in [5, 5.41) is 10.5. The second kappa shape index (κ2) is 8.10. The molecular weight excluding hydrogens is 372 g/mol. The van der Waals surface area contributed by atoms with E-state index in [0.717, 1.165) is 42.1 Å². The summed E-state index contributed by atoms with van der Waals surface area (Å²) < 4.78 is 5.17. The maximum atomic E-state index is 13.2. The highest BCUT2D eigenvalue weighted by Gasteiger charge is 2.39. The lowest BCUT2D eigenvalue weighted by molar-refractivity contribution is -0.123. The highest BCUT2D eigenvalue weighted by molar-refractivity contribution is 8.18. The number of amides is 1. The molecule has 0 bridgehead atoms. The minimum atomic E-state index is -0.00128. The van der Waals surface area contributed by atoms with Crippen LogP contribution < -0.4 is 4.74 Å². The van der Waals surface area contributed by atoms with Crippen LogP contribution in [0.15, 0.2) is 58.4 Å². The van der Waals surface area contributed by atoms with Gasteiger partial charge < -0.3 is 9.84 Å². The molecule has 6 heteroatoms. The first kappa shape index (κ1) is 18.6. The van der Waals surface area contributed by atoms with Gasteiger partial charge in [-0.2, -0.15) is 0 Å². The first-order valence-electron chi connectivity index (χ1n) is 9.39. The van der Waals surface area contributed by atoms with Crippen molar-refractivity contribution in [2.45, 2.75) is 31.7 Å². The fourth-order valence-electron chi connectivity index (χ4n) is 3.60. The molecule has 2 aromatic rings. The van der Waals surface area contributed by atoms with Crippen molar-refractivity contribution in [1.82, 2.24) is 4.90 Å². The lowest BCUT2D eigenvalue weighted by Gasteiger charge is -2.22. The van der Waals surface area contributed by atoms with Gasteiger partial charge in [0, 0.05) is 6.04 Å². The molecule has 1 heterocycles. The zero-order valence-corrected chi connectivity index (χ0v) is 16.5. The molecule has 1 saturated carbocycles. The van der Waals surface area contributed by atoms with Crippen LogP contribution in [0.4, 0.5) is 5.69 Å². The topological polar surface area (TPSA) is 62.1 Å². The van der Waals surface area contributed by atoms with Crippen LogP contribution in [0.25, 0.3) is 6.08 Å². The Labute approximate surface area is 168 Å². The van der Waals surface area contributed by atoms with E-state index in [-0.39, 0.29) is 17.7 Å². The Balaban J connectivity index is 1.70. The van der Waals surface area contributed by atoms with E-state index < -0.39 is 0 Å². The molecule has 0 atom stereocenters. The zero-order chi connectivity index (χ0) is 19.5. The number of aromatic hydroxyl groups is 1. The molecule has 4 rings (SSSR count). The van der Waals surface area contributed by atoms with Crippen LogP contribution >= 0.6 is 11.8 Å². The standard InChI is InChI=1S/C22H22N2O3S/c1-27-19-13-15(11-12-18(19)25)14-20-21(26)24(17-9-5-6-10-17)22(28-20)23-16-7-3-2-4-8-16/h2-4,7-8,11-14,17,25H,5-6,9-10H2,1H3/b20-14+,23-22?. The number of phenolic OH excluding ortho intramolecular Hbond substituents is 1. The average Bonchev–Trinajstić information content (AvgIpc) is 3.33. The Morgan fingerprint density at radius 1 is 1.18 bits per heavy atom. The van der Waals surface area contributed by atoms with Gasteiger partial charge in [0.05, 0.1) is 17.7 Å². The van der Waals surface area contributed by atoms with Gasteiger partial charge in [-0.15, -0.1) is 0 Å². The number of hydrogen-bond donors (Lipinski definition) is 1. The maximum absolute atomic E-state index is 13.2. The van der Waals surface area contributed by atoms with Crippen molar-refractivity contribution in [1.29, 1.82) is 0 Å². The van der Waals surface area contributed by atoms with E-state index in [1.807, 2.05) is 41.3 Å². The van der Waals surface area contributed by atoms with Crippen molar-refractivity contribution in [2.24, 2.45) is 4.99 Å². The van der Waals surface area contributed by atoms with Gasteiger partial charge in [0.25, 0.3) is 5.91 Å². The molecule has 1 aliphatic carbocycles. The monoisotopic (exact) mass is 394 g/mol. The zero-order valence-electron chi connectivity index (χ0n) is 15.7. The second-order valence-electron chi connectivity index (χ2n) is 6.89. The van der Waals surface area contributed by atoms with Gasteiger partial charge in [0.2, 0.25) is 0 Å². The van der Waals surface area contributed by atoms with E-state index in [0.29, 0.717) is 10.7 Å². The third-order valence-electron chi connectivity index (χ3n) is 5.01. The predicted molar refractivity (Wildman–Crippen MR) is 113 cm³/mol. The number of carbonyl (C=O) groups excluding carboxylic acids is 1. The predicted octanol–water partition coefficient (Wildman–Crippen LogP) is 4.95. The molecule has 28 heavy (non-hydrogen) atoms. The van der Waals surface area contributed by atoms with Crippen molar-refractivity contribution < 1.29 is 14.6 Å². The number of ether oxygens (including phenoxy) is 1. The lowest BCUT2D eigenvalue weighted by Crippen LogP contribution is -2.37. The SMILES string of the molecule is COc1cc(/C=C2/SC(=Nc3ccccc3)N(C3CCCC3)C2=O)ccc1O. The molecule has 5 nitrogen and oxygen atoms in total. The van der Waals surface area contributed by atoms with Gasteiger partial charge in [0.15, 0.2) is 16.7 Å². The van der Waals surface area contributed by atoms with Crippen molar-refractivity contribution in [3.63, 3.8) is 0 Å². The number of amidine groups is 1. The first-order chi connectivity index (χ1) is 13.7. The smallest absolute Gasteiger partial charge is 0.267 e. The minimum Gasteiger partial charge on any atom is -0.504 e. The van der Waals surface area contributed by atoms with Gasteiger partial charge in [-0.05, 0) is 60.5 Å².